The largest absolute Gasteiger partial charge is 0.456 e. The number of carbonyl (C=O) groups excluding carboxylic acids is 2. The molecule has 2 aromatic carbocycles. The maximum atomic E-state index is 12.9. The Labute approximate surface area is 161 Å². The number of hydrogen-bond donors (Lipinski definition) is 0. The molecule has 1 unspecified atom stereocenters. The summed E-state index contributed by atoms with van der Waals surface area (Å²) in [6.07, 6.45) is 0.142. The number of cyclic esters (lactones) is 1. The zero-order chi connectivity index (χ0) is 18.4. The van der Waals surface area contributed by atoms with E-state index in [9.17, 15) is 9.59 Å². The van der Waals surface area contributed by atoms with Crippen molar-refractivity contribution in [1.82, 2.24) is 0 Å². The first-order chi connectivity index (χ1) is 12.5. The maximum absolute atomic E-state index is 12.9. The summed E-state index contributed by atoms with van der Waals surface area (Å²) < 4.78 is 5.26. The number of halogens is 2. The van der Waals surface area contributed by atoms with E-state index in [1.54, 1.807) is 23.1 Å². The second kappa shape index (κ2) is 6.45. The molecule has 6 heteroatoms. The normalized spacial score (nSPS) is 19.7. The average Bonchev–Trinajstić information content (AvgIpc) is 2.97. The van der Waals surface area contributed by atoms with Crippen molar-refractivity contribution in [3.63, 3.8) is 0 Å². The number of esters is 1. The van der Waals surface area contributed by atoms with Crippen molar-refractivity contribution in [3.8, 4) is 0 Å². The number of ether oxygens (including phenoxy) is 1. The second-order valence-electron chi connectivity index (χ2n) is 6.42. The summed E-state index contributed by atoms with van der Waals surface area (Å²) in [5.74, 6) is -0.929. The third-order valence-electron chi connectivity index (χ3n) is 4.75. The van der Waals surface area contributed by atoms with Crippen LogP contribution in [-0.2, 0) is 14.3 Å². The van der Waals surface area contributed by atoms with E-state index in [0.29, 0.717) is 26.9 Å². The average molecular weight is 388 g/mol. The van der Waals surface area contributed by atoms with Crippen LogP contribution < -0.4 is 4.90 Å². The van der Waals surface area contributed by atoms with E-state index in [2.05, 4.69) is 0 Å². The molecule has 0 fully saturated rings. The van der Waals surface area contributed by atoms with Gasteiger partial charge < -0.3 is 4.74 Å². The highest BCUT2D eigenvalue weighted by Crippen LogP contribution is 2.44. The fraction of sp³-hybridized carbons (Fsp3) is 0.200. The molecule has 2 heterocycles. The third kappa shape index (κ3) is 2.79. The Morgan fingerprint density at radius 1 is 1.08 bits per heavy atom. The Morgan fingerprint density at radius 2 is 1.81 bits per heavy atom. The van der Waals surface area contributed by atoms with E-state index < -0.39 is 11.9 Å². The fourth-order valence-corrected chi connectivity index (χ4v) is 4.04. The van der Waals surface area contributed by atoms with Crippen molar-refractivity contribution in [2.24, 2.45) is 0 Å². The monoisotopic (exact) mass is 387 g/mol. The van der Waals surface area contributed by atoms with Crippen LogP contribution in [0.25, 0.3) is 0 Å². The number of aryl methyl sites for hydroxylation is 1. The highest BCUT2D eigenvalue weighted by molar-refractivity contribution is 6.35. The molecule has 26 heavy (non-hydrogen) atoms. The minimum atomic E-state index is -0.432. The summed E-state index contributed by atoms with van der Waals surface area (Å²) in [7, 11) is 0. The molecular weight excluding hydrogens is 373 g/mol. The molecule has 2 aliphatic heterocycles. The summed E-state index contributed by atoms with van der Waals surface area (Å²) in [6.45, 7) is 2.06. The number of hydrogen-bond acceptors (Lipinski definition) is 3. The zero-order valence-electron chi connectivity index (χ0n) is 14.0. The first-order valence-electron chi connectivity index (χ1n) is 8.20. The standard InChI is InChI=1S/C20H15Cl2NO3/c1-11-2-5-13(6-3-11)23-17-10-26-20(25)19(17)15(9-18(23)24)14-7-4-12(21)8-16(14)22/h2-8,15H,9-10H2,1H3. The minimum absolute atomic E-state index is 0.0789. The van der Waals surface area contributed by atoms with E-state index in [1.165, 1.54) is 0 Å². The molecule has 0 spiro atoms. The van der Waals surface area contributed by atoms with E-state index >= 15 is 0 Å². The van der Waals surface area contributed by atoms with Gasteiger partial charge in [-0.1, -0.05) is 47.0 Å². The molecule has 0 aliphatic carbocycles. The van der Waals surface area contributed by atoms with Crippen LogP contribution in [0.3, 0.4) is 0 Å². The Morgan fingerprint density at radius 3 is 2.50 bits per heavy atom. The maximum Gasteiger partial charge on any atom is 0.336 e. The van der Waals surface area contributed by atoms with Gasteiger partial charge in [0.2, 0.25) is 5.91 Å². The Kier molecular flexibility index (Phi) is 4.25. The molecule has 0 aromatic heterocycles. The molecule has 4 nitrogen and oxygen atoms in total. The highest BCUT2D eigenvalue weighted by Gasteiger charge is 2.43. The topological polar surface area (TPSA) is 46.6 Å². The lowest BCUT2D eigenvalue weighted by Crippen LogP contribution is -2.37. The first kappa shape index (κ1) is 17.1. The predicted molar refractivity (Wildman–Crippen MR) is 100 cm³/mol. The molecule has 132 valence electrons. The van der Waals surface area contributed by atoms with Gasteiger partial charge in [0.1, 0.15) is 6.61 Å². The van der Waals surface area contributed by atoms with Crippen LogP contribution in [0.15, 0.2) is 53.7 Å². The molecule has 2 aromatic rings. The van der Waals surface area contributed by atoms with Crippen LogP contribution in [0.4, 0.5) is 5.69 Å². The number of nitrogens with zero attached hydrogens (tertiary/aromatic N) is 1. The number of carbonyl (C=O) groups is 2. The smallest absolute Gasteiger partial charge is 0.336 e. The molecule has 1 atom stereocenters. The van der Waals surface area contributed by atoms with E-state index in [0.717, 1.165) is 11.3 Å². The lowest BCUT2D eigenvalue weighted by Gasteiger charge is -2.32. The molecule has 0 bridgehead atoms. The second-order valence-corrected chi connectivity index (χ2v) is 7.27. The van der Waals surface area contributed by atoms with E-state index in [4.69, 9.17) is 27.9 Å². The summed E-state index contributed by atoms with van der Waals surface area (Å²) in [4.78, 5) is 27.0. The summed E-state index contributed by atoms with van der Waals surface area (Å²) in [6, 6.07) is 12.7. The number of anilines is 1. The van der Waals surface area contributed by atoms with E-state index in [1.807, 2.05) is 31.2 Å². The van der Waals surface area contributed by atoms with Crippen LogP contribution in [0.1, 0.15) is 23.5 Å². The van der Waals surface area contributed by atoms with Crippen molar-refractivity contribution in [2.75, 3.05) is 11.5 Å². The quantitative estimate of drug-likeness (QED) is 0.705. The summed E-state index contributed by atoms with van der Waals surface area (Å²) in [5, 5.41) is 0.941. The van der Waals surface area contributed by atoms with Gasteiger partial charge >= 0.3 is 5.97 Å². The molecule has 1 amide bonds. The van der Waals surface area contributed by atoms with Gasteiger partial charge in [-0.15, -0.1) is 0 Å². The van der Waals surface area contributed by atoms with Gasteiger partial charge in [-0.05, 0) is 36.8 Å². The van der Waals surface area contributed by atoms with Crippen molar-refractivity contribution in [3.05, 3.63) is 74.9 Å². The lowest BCUT2D eigenvalue weighted by molar-refractivity contribution is -0.136. The zero-order valence-corrected chi connectivity index (χ0v) is 15.5. The van der Waals surface area contributed by atoms with Crippen LogP contribution in [0.2, 0.25) is 10.0 Å². The number of benzene rings is 2. The van der Waals surface area contributed by atoms with Crippen LogP contribution in [0.5, 0.6) is 0 Å². The Bertz CT molecular complexity index is 950. The first-order valence-corrected chi connectivity index (χ1v) is 8.96. The molecular formula is C20H15Cl2NO3. The molecule has 0 saturated carbocycles. The van der Waals surface area contributed by atoms with Crippen molar-refractivity contribution in [2.45, 2.75) is 19.3 Å². The molecule has 4 rings (SSSR count). The van der Waals surface area contributed by atoms with Gasteiger partial charge in [0.05, 0.1) is 11.3 Å². The third-order valence-corrected chi connectivity index (χ3v) is 5.31. The minimum Gasteiger partial charge on any atom is -0.456 e. The van der Waals surface area contributed by atoms with Gasteiger partial charge in [0.15, 0.2) is 0 Å². The van der Waals surface area contributed by atoms with Crippen LogP contribution in [0, 0.1) is 6.92 Å². The van der Waals surface area contributed by atoms with Gasteiger partial charge in [-0.2, -0.15) is 0 Å². The van der Waals surface area contributed by atoms with Gasteiger partial charge in [0, 0.05) is 28.1 Å². The Hall–Kier alpha value is -2.30. The van der Waals surface area contributed by atoms with Crippen molar-refractivity contribution < 1.29 is 14.3 Å². The van der Waals surface area contributed by atoms with Gasteiger partial charge in [0.25, 0.3) is 0 Å². The summed E-state index contributed by atoms with van der Waals surface area (Å²) in [5.41, 5.74) is 3.61. The highest BCUT2D eigenvalue weighted by atomic mass is 35.5. The molecule has 2 aliphatic rings. The van der Waals surface area contributed by atoms with Crippen LogP contribution >= 0.6 is 23.2 Å². The summed E-state index contributed by atoms with van der Waals surface area (Å²) >= 11 is 12.3. The predicted octanol–water partition coefficient (Wildman–Crippen LogP) is 4.63. The molecule has 0 N–H and O–H groups in total. The van der Waals surface area contributed by atoms with Gasteiger partial charge in [-0.25, -0.2) is 4.79 Å². The van der Waals surface area contributed by atoms with E-state index in [-0.39, 0.29) is 18.9 Å². The SMILES string of the molecule is Cc1ccc(N2C(=O)CC(c3ccc(Cl)cc3Cl)C3=C2COC3=O)cc1. The van der Waals surface area contributed by atoms with Crippen LogP contribution in [-0.4, -0.2) is 18.5 Å². The number of amides is 1. The fourth-order valence-electron chi connectivity index (χ4n) is 3.50. The van der Waals surface area contributed by atoms with Crippen molar-refractivity contribution in [1.29, 1.82) is 0 Å². The van der Waals surface area contributed by atoms with Gasteiger partial charge in [-0.3, -0.25) is 9.69 Å². The molecule has 0 saturated heterocycles. The Balaban J connectivity index is 1.84. The molecule has 0 radical (unpaired) electrons. The lowest BCUT2D eigenvalue weighted by atomic mass is 9.84. The number of rotatable bonds is 2. The van der Waals surface area contributed by atoms with Crippen molar-refractivity contribution >= 4 is 40.8 Å².